The highest BCUT2D eigenvalue weighted by atomic mass is 16.2. The Labute approximate surface area is 160 Å². The number of carbonyl (C=O) groups is 1. The van der Waals surface area contributed by atoms with Crippen molar-refractivity contribution in [2.45, 2.75) is 47.1 Å². The zero-order chi connectivity index (χ0) is 19.6. The minimum atomic E-state index is -0.224. The summed E-state index contributed by atoms with van der Waals surface area (Å²) in [6, 6.07) is 7.28. The molecule has 1 aromatic heterocycles. The molecule has 1 aliphatic rings. The molecule has 6 heteroatoms. The summed E-state index contributed by atoms with van der Waals surface area (Å²) >= 11 is 0. The lowest BCUT2D eigenvalue weighted by molar-refractivity contribution is -0.116. The fourth-order valence-corrected chi connectivity index (χ4v) is 3.37. The lowest BCUT2D eigenvalue weighted by Crippen LogP contribution is -2.39. The summed E-state index contributed by atoms with van der Waals surface area (Å²) in [5.74, 6) is 1.05. The molecule has 27 heavy (non-hydrogen) atoms. The Kier molecular flexibility index (Phi) is 5.63. The van der Waals surface area contributed by atoms with Crippen molar-refractivity contribution in [2.24, 2.45) is 5.92 Å². The highest BCUT2D eigenvalue weighted by Gasteiger charge is 2.21. The Morgan fingerprint density at radius 3 is 2.52 bits per heavy atom. The second kappa shape index (κ2) is 7.94. The van der Waals surface area contributed by atoms with Gasteiger partial charge in [-0.1, -0.05) is 13.0 Å². The summed E-state index contributed by atoms with van der Waals surface area (Å²) in [6.45, 7) is 9.77. The van der Waals surface area contributed by atoms with Crippen LogP contribution in [0, 0.1) is 26.7 Å². The predicted octanol–water partition coefficient (Wildman–Crippen LogP) is 3.04. The van der Waals surface area contributed by atoms with Gasteiger partial charge in [0.05, 0.1) is 0 Å². The van der Waals surface area contributed by atoms with Crippen LogP contribution in [0.5, 0.6) is 0 Å². The van der Waals surface area contributed by atoms with Gasteiger partial charge in [-0.05, 0) is 62.8 Å². The molecule has 0 saturated carbocycles. The van der Waals surface area contributed by atoms with E-state index >= 15 is 0 Å². The normalized spacial score (nSPS) is 15.0. The lowest BCUT2D eigenvalue weighted by atomic mass is 10.00. The van der Waals surface area contributed by atoms with Crippen LogP contribution in [0.1, 0.15) is 36.6 Å². The maximum Gasteiger partial charge on any atom is 0.255 e. The van der Waals surface area contributed by atoms with Crippen molar-refractivity contribution >= 4 is 17.5 Å². The van der Waals surface area contributed by atoms with Gasteiger partial charge in [-0.3, -0.25) is 14.2 Å². The number of hydrogen-bond donors (Lipinski definition) is 1. The summed E-state index contributed by atoms with van der Waals surface area (Å²) < 4.78 is 1.49. The van der Waals surface area contributed by atoms with Gasteiger partial charge in [0.15, 0.2) is 0 Å². The number of aromatic nitrogens is 2. The van der Waals surface area contributed by atoms with Gasteiger partial charge in [-0.25, -0.2) is 4.98 Å². The van der Waals surface area contributed by atoms with E-state index in [1.54, 1.807) is 0 Å². The van der Waals surface area contributed by atoms with Crippen LogP contribution in [-0.4, -0.2) is 28.5 Å². The molecule has 2 heterocycles. The summed E-state index contributed by atoms with van der Waals surface area (Å²) in [4.78, 5) is 31.9. The third-order valence-corrected chi connectivity index (χ3v) is 5.28. The molecule has 1 fully saturated rings. The number of carbonyl (C=O) groups excluding carboxylic acids is 1. The van der Waals surface area contributed by atoms with Crippen LogP contribution in [0.4, 0.5) is 11.6 Å². The van der Waals surface area contributed by atoms with E-state index in [0.29, 0.717) is 17.6 Å². The Morgan fingerprint density at radius 2 is 1.85 bits per heavy atom. The molecule has 0 radical (unpaired) electrons. The standard InChI is InChI=1S/C21H28N4O2/c1-14-7-9-24(10-8-14)21-22-17(4)12-20(27)25(21)13-19(26)23-18-6-5-15(2)16(3)11-18/h5-6,11-12,14H,7-10,13H2,1-4H3,(H,23,26). The number of benzene rings is 1. The van der Waals surface area contributed by atoms with Crippen molar-refractivity contribution in [1.29, 1.82) is 0 Å². The van der Waals surface area contributed by atoms with E-state index in [0.717, 1.165) is 37.2 Å². The molecule has 6 nitrogen and oxygen atoms in total. The van der Waals surface area contributed by atoms with Gasteiger partial charge >= 0.3 is 0 Å². The van der Waals surface area contributed by atoms with Gasteiger partial charge in [0.2, 0.25) is 11.9 Å². The Bertz CT molecular complexity index is 896. The number of aryl methyl sites for hydroxylation is 3. The van der Waals surface area contributed by atoms with E-state index < -0.39 is 0 Å². The fourth-order valence-electron chi connectivity index (χ4n) is 3.37. The third-order valence-electron chi connectivity index (χ3n) is 5.28. The molecule has 144 valence electrons. The first-order chi connectivity index (χ1) is 12.8. The quantitative estimate of drug-likeness (QED) is 0.901. The van der Waals surface area contributed by atoms with Crippen LogP contribution in [0.2, 0.25) is 0 Å². The molecule has 0 aliphatic carbocycles. The maximum absolute atomic E-state index is 12.6. The molecule has 0 spiro atoms. The van der Waals surface area contributed by atoms with Crippen LogP contribution in [-0.2, 0) is 11.3 Å². The molecule has 1 amide bonds. The van der Waals surface area contributed by atoms with E-state index in [9.17, 15) is 9.59 Å². The van der Waals surface area contributed by atoms with Crippen LogP contribution >= 0.6 is 0 Å². The zero-order valence-corrected chi connectivity index (χ0v) is 16.6. The average molecular weight is 368 g/mol. The number of hydrogen-bond acceptors (Lipinski definition) is 4. The number of piperidine rings is 1. The largest absolute Gasteiger partial charge is 0.342 e. The van der Waals surface area contributed by atoms with E-state index in [4.69, 9.17) is 0 Å². The highest BCUT2D eigenvalue weighted by Crippen LogP contribution is 2.21. The van der Waals surface area contributed by atoms with Crippen molar-refractivity contribution in [3.63, 3.8) is 0 Å². The predicted molar refractivity (Wildman–Crippen MR) is 108 cm³/mol. The molecule has 1 saturated heterocycles. The minimum absolute atomic E-state index is 0.0412. The van der Waals surface area contributed by atoms with E-state index in [1.807, 2.05) is 39.0 Å². The first kappa shape index (κ1) is 19.1. The number of amides is 1. The van der Waals surface area contributed by atoms with Crippen molar-refractivity contribution in [3.05, 3.63) is 51.4 Å². The van der Waals surface area contributed by atoms with Crippen LogP contribution in [0.25, 0.3) is 0 Å². The van der Waals surface area contributed by atoms with Crippen molar-refractivity contribution < 1.29 is 4.79 Å². The topological polar surface area (TPSA) is 67.2 Å². The summed E-state index contributed by atoms with van der Waals surface area (Å²) in [5.41, 5.74) is 3.52. The lowest BCUT2D eigenvalue weighted by Gasteiger charge is -2.32. The molecule has 1 aliphatic heterocycles. The SMILES string of the molecule is Cc1cc(=O)n(CC(=O)Nc2ccc(C)c(C)c2)c(N2CCC(C)CC2)n1. The van der Waals surface area contributed by atoms with E-state index in [1.165, 1.54) is 16.2 Å². The fraction of sp³-hybridized carbons (Fsp3) is 0.476. The number of nitrogens with one attached hydrogen (secondary N) is 1. The van der Waals surface area contributed by atoms with E-state index in [-0.39, 0.29) is 18.0 Å². The minimum Gasteiger partial charge on any atom is -0.342 e. The summed E-state index contributed by atoms with van der Waals surface area (Å²) in [6.07, 6.45) is 2.14. The summed E-state index contributed by atoms with van der Waals surface area (Å²) in [5, 5.41) is 2.89. The van der Waals surface area contributed by atoms with Gasteiger partial charge < -0.3 is 10.2 Å². The van der Waals surface area contributed by atoms with Gasteiger partial charge in [0.25, 0.3) is 5.56 Å². The summed E-state index contributed by atoms with van der Waals surface area (Å²) in [7, 11) is 0. The molecule has 3 rings (SSSR count). The molecule has 0 atom stereocenters. The molecule has 1 aromatic carbocycles. The first-order valence-corrected chi connectivity index (χ1v) is 9.54. The monoisotopic (exact) mass is 368 g/mol. The van der Waals surface area contributed by atoms with Gasteiger partial charge in [-0.15, -0.1) is 0 Å². The molecule has 2 aromatic rings. The second-order valence-electron chi connectivity index (χ2n) is 7.64. The van der Waals surface area contributed by atoms with Crippen LogP contribution in [0.15, 0.2) is 29.1 Å². The Hall–Kier alpha value is -2.63. The maximum atomic E-state index is 12.6. The second-order valence-corrected chi connectivity index (χ2v) is 7.64. The third kappa shape index (κ3) is 4.56. The Balaban J connectivity index is 1.82. The number of anilines is 2. The van der Waals surface area contributed by atoms with Crippen molar-refractivity contribution in [3.8, 4) is 0 Å². The van der Waals surface area contributed by atoms with Crippen molar-refractivity contribution in [2.75, 3.05) is 23.3 Å². The van der Waals surface area contributed by atoms with E-state index in [2.05, 4.69) is 22.1 Å². The molecule has 1 N–H and O–H groups in total. The number of nitrogens with zero attached hydrogens (tertiary/aromatic N) is 3. The van der Waals surface area contributed by atoms with Gasteiger partial charge in [0.1, 0.15) is 6.54 Å². The smallest absolute Gasteiger partial charge is 0.255 e. The van der Waals surface area contributed by atoms with Crippen LogP contribution in [0.3, 0.4) is 0 Å². The molecule has 0 unspecified atom stereocenters. The Morgan fingerprint density at radius 1 is 1.15 bits per heavy atom. The molecular weight excluding hydrogens is 340 g/mol. The molecule has 0 bridgehead atoms. The average Bonchev–Trinajstić information content (AvgIpc) is 2.61. The van der Waals surface area contributed by atoms with Gasteiger partial charge in [0, 0.05) is 30.5 Å². The number of rotatable bonds is 4. The first-order valence-electron chi connectivity index (χ1n) is 9.54. The van der Waals surface area contributed by atoms with Gasteiger partial charge in [-0.2, -0.15) is 0 Å². The van der Waals surface area contributed by atoms with Crippen LogP contribution < -0.4 is 15.8 Å². The highest BCUT2D eigenvalue weighted by molar-refractivity contribution is 5.90. The zero-order valence-electron chi connectivity index (χ0n) is 16.6. The molecular formula is C21H28N4O2. The van der Waals surface area contributed by atoms with Crippen molar-refractivity contribution in [1.82, 2.24) is 9.55 Å².